The first-order chi connectivity index (χ1) is 8.48. The third kappa shape index (κ3) is 3.35. The molecule has 100 valence electrons. The molecule has 0 bridgehead atoms. The lowest BCUT2D eigenvalue weighted by Gasteiger charge is -2.39. The molecule has 3 heteroatoms. The normalized spacial score (nSPS) is 27.0. The zero-order valence-electron chi connectivity index (χ0n) is 11.2. The maximum atomic E-state index is 11.3. The van der Waals surface area contributed by atoms with Crippen LogP contribution in [0.25, 0.3) is 0 Å². The molecule has 1 N–H and O–H groups in total. The predicted molar refractivity (Wildman–Crippen MR) is 74.9 cm³/mol. The van der Waals surface area contributed by atoms with E-state index in [1.807, 2.05) is 0 Å². The minimum Gasteiger partial charge on any atom is -0.481 e. The zero-order valence-corrected chi connectivity index (χ0v) is 12.0. The molecule has 0 amide bonds. The van der Waals surface area contributed by atoms with Gasteiger partial charge >= 0.3 is 5.97 Å². The maximum Gasteiger partial charge on any atom is 0.306 e. The van der Waals surface area contributed by atoms with Crippen molar-refractivity contribution in [3.8, 4) is 0 Å². The van der Waals surface area contributed by atoms with Crippen molar-refractivity contribution in [1.82, 2.24) is 0 Å². The van der Waals surface area contributed by atoms with Crippen LogP contribution in [0.3, 0.4) is 0 Å². The summed E-state index contributed by atoms with van der Waals surface area (Å²) in [6.07, 6.45) is 4.97. The molecule has 1 fully saturated rings. The second-order valence-electron chi connectivity index (χ2n) is 6.28. The summed E-state index contributed by atoms with van der Waals surface area (Å²) in [6.45, 7) is 4.53. The third-order valence-electron chi connectivity index (χ3n) is 4.22. The average molecular weight is 266 g/mol. The Morgan fingerprint density at radius 3 is 2.94 bits per heavy atom. The highest BCUT2D eigenvalue weighted by Gasteiger charge is 2.37. The highest BCUT2D eigenvalue weighted by atomic mass is 32.1. The lowest BCUT2D eigenvalue weighted by atomic mass is 9.66. The molecule has 1 aliphatic rings. The van der Waals surface area contributed by atoms with Crippen LogP contribution >= 0.6 is 11.3 Å². The van der Waals surface area contributed by atoms with Gasteiger partial charge in [0.05, 0.1) is 5.92 Å². The summed E-state index contributed by atoms with van der Waals surface area (Å²) in [5.74, 6) is -0.386. The number of hydrogen-bond donors (Lipinski definition) is 1. The van der Waals surface area contributed by atoms with Crippen molar-refractivity contribution in [3.05, 3.63) is 22.4 Å². The molecule has 2 atom stereocenters. The predicted octanol–water partition coefficient (Wildman–Crippen LogP) is 4.21. The van der Waals surface area contributed by atoms with Gasteiger partial charge in [-0.2, -0.15) is 11.3 Å². The lowest BCUT2D eigenvalue weighted by Crippen LogP contribution is -2.34. The van der Waals surface area contributed by atoms with Crippen LogP contribution in [0.15, 0.2) is 16.8 Å². The first kappa shape index (κ1) is 13.6. The molecule has 2 nitrogen and oxygen atoms in total. The molecule has 0 aromatic carbocycles. The molecule has 1 heterocycles. The minimum atomic E-state index is -0.596. The smallest absolute Gasteiger partial charge is 0.306 e. The van der Waals surface area contributed by atoms with Crippen LogP contribution in [0.2, 0.25) is 0 Å². The first-order valence-corrected chi connectivity index (χ1v) is 7.66. The van der Waals surface area contributed by atoms with E-state index in [0.29, 0.717) is 11.3 Å². The topological polar surface area (TPSA) is 37.3 Å². The minimum absolute atomic E-state index is 0.128. The Bertz CT molecular complexity index is 395. The molecule has 0 spiro atoms. The second kappa shape index (κ2) is 5.43. The summed E-state index contributed by atoms with van der Waals surface area (Å²) in [4.78, 5) is 11.3. The van der Waals surface area contributed by atoms with Gasteiger partial charge in [-0.3, -0.25) is 4.79 Å². The fourth-order valence-electron chi connectivity index (χ4n) is 3.15. The van der Waals surface area contributed by atoms with Crippen LogP contribution in [-0.4, -0.2) is 11.1 Å². The van der Waals surface area contributed by atoms with E-state index in [-0.39, 0.29) is 5.92 Å². The van der Waals surface area contributed by atoms with Gasteiger partial charge in [-0.05, 0) is 65.8 Å². The van der Waals surface area contributed by atoms with Crippen molar-refractivity contribution in [2.45, 2.75) is 46.0 Å². The molecule has 0 aliphatic heterocycles. The molecule has 18 heavy (non-hydrogen) atoms. The van der Waals surface area contributed by atoms with Gasteiger partial charge in [-0.1, -0.05) is 13.8 Å². The number of aryl methyl sites for hydroxylation is 1. The Balaban J connectivity index is 1.99. The molecule has 2 unspecified atom stereocenters. The summed E-state index contributed by atoms with van der Waals surface area (Å²) in [6, 6.07) is 2.15. The molecule has 1 aromatic rings. The summed E-state index contributed by atoms with van der Waals surface area (Å²) >= 11 is 1.72. The number of carbonyl (C=O) groups is 1. The van der Waals surface area contributed by atoms with Crippen molar-refractivity contribution in [1.29, 1.82) is 0 Å². The van der Waals surface area contributed by atoms with Crippen LogP contribution in [0.4, 0.5) is 0 Å². The fraction of sp³-hybridized carbons (Fsp3) is 0.667. The first-order valence-electron chi connectivity index (χ1n) is 6.72. The Kier molecular flexibility index (Phi) is 4.10. The number of thiophene rings is 1. The largest absolute Gasteiger partial charge is 0.481 e. The van der Waals surface area contributed by atoms with E-state index >= 15 is 0 Å². The average Bonchev–Trinajstić information content (AvgIpc) is 2.77. The number of carboxylic acid groups (broad SMARTS) is 1. The van der Waals surface area contributed by atoms with E-state index in [1.54, 1.807) is 11.3 Å². The Hall–Kier alpha value is -0.830. The molecule has 1 saturated carbocycles. The maximum absolute atomic E-state index is 11.3. The van der Waals surface area contributed by atoms with Gasteiger partial charge in [-0.15, -0.1) is 0 Å². The molecule has 0 saturated heterocycles. The summed E-state index contributed by atoms with van der Waals surface area (Å²) < 4.78 is 0. The van der Waals surface area contributed by atoms with E-state index in [0.717, 1.165) is 32.1 Å². The lowest BCUT2D eigenvalue weighted by molar-refractivity contribution is -0.146. The molecule has 0 radical (unpaired) electrons. The monoisotopic (exact) mass is 266 g/mol. The Morgan fingerprint density at radius 2 is 2.33 bits per heavy atom. The highest BCUT2D eigenvalue weighted by Crippen LogP contribution is 2.43. The SMILES string of the molecule is CC1(C)CCC(C(=O)O)C(CCc2ccsc2)C1. The standard InChI is InChI=1S/C15H22O2S/c1-15(2)7-5-13(14(16)17)12(9-15)4-3-11-6-8-18-10-11/h6,8,10,12-13H,3-5,7,9H2,1-2H3,(H,16,17). The van der Waals surface area contributed by atoms with Gasteiger partial charge < -0.3 is 5.11 Å². The van der Waals surface area contributed by atoms with Gasteiger partial charge in [0.1, 0.15) is 0 Å². The van der Waals surface area contributed by atoms with Crippen molar-refractivity contribution in [3.63, 3.8) is 0 Å². The van der Waals surface area contributed by atoms with Gasteiger partial charge in [0.15, 0.2) is 0 Å². The summed E-state index contributed by atoms with van der Waals surface area (Å²) in [5.41, 5.74) is 1.66. The fourth-order valence-corrected chi connectivity index (χ4v) is 3.85. The summed E-state index contributed by atoms with van der Waals surface area (Å²) in [7, 11) is 0. The van der Waals surface area contributed by atoms with E-state index in [9.17, 15) is 9.90 Å². The number of carboxylic acids is 1. The molecular weight excluding hydrogens is 244 g/mol. The van der Waals surface area contributed by atoms with Gasteiger partial charge in [0.2, 0.25) is 0 Å². The third-order valence-corrected chi connectivity index (χ3v) is 4.95. The molecule has 1 aromatic heterocycles. The Labute approximate surface area is 113 Å². The van der Waals surface area contributed by atoms with Crippen LogP contribution in [0.5, 0.6) is 0 Å². The molecular formula is C15H22O2S. The highest BCUT2D eigenvalue weighted by molar-refractivity contribution is 7.07. The van der Waals surface area contributed by atoms with Crippen molar-refractivity contribution in [2.75, 3.05) is 0 Å². The van der Waals surface area contributed by atoms with Crippen molar-refractivity contribution >= 4 is 17.3 Å². The van der Waals surface area contributed by atoms with Crippen molar-refractivity contribution < 1.29 is 9.90 Å². The Morgan fingerprint density at radius 1 is 1.56 bits per heavy atom. The number of hydrogen-bond acceptors (Lipinski definition) is 2. The quantitative estimate of drug-likeness (QED) is 0.886. The zero-order chi connectivity index (χ0) is 13.2. The van der Waals surface area contributed by atoms with Gasteiger partial charge in [0, 0.05) is 0 Å². The summed E-state index contributed by atoms with van der Waals surface area (Å²) in [5, 5.41) is 13.6. The molecule has 2 rings (SSSR count). The molecule has 1 aliphatic carbocycles. The van der Waals surface area contributed by atoms with Crippen LogP contribution in [0.1, 0.15) is 45.1 Å². The van der Waals surface area contributed by atoms with Crippen molar-refractivity contribution in [2.24, 2.45) is 17.3 Å². The van der Waals surface area contributed by atoms with Crippen LogP contribution in [-0.2, 0) is 11.2 Å². The van der Waals surface area contributed by atoms with E-state index < -0.39 is 5.97 Å². The van der Waals surface area contributed by atoms with E-state index in [1.165, 1.54) is 5.56 Å². The second-order valence-corrected chi connectivity index (χ2v) is 7.06. The number of aliphatic carboxylic acids is 1. The number of rotatable bonds is 4. The van der Waals surface area contributed by atoms with E-state index in [2.05, 4.69) is 30.7 Å². The van der Waals surface area contributed by atoms with Gasteiger partial charge in [-0.25, -0.2) is 0 Å². The van der Waals surface area contributed by atoms with E-state index in [4.69, 9.17) is 0 Å². The van der Waals surface area contributed by atoms with Gasteiger partial charge in [0.25, 0.3) is 0 Å². The van der Waals surface area contributed by atoms with Crippen LogP contribution < -0.4 is 0 Å². The van der Waals surface area contributed by atoms with Crippen LogP contribution in [0, 0.1) is 17.3 Å².